The van der Waals surface area contributed by atoms with Crippen LogP contribution in [-0.4, -0.2) is 25.1 Å². The van der Waals surface area contributed by atoms with Crippen LogP contribution in [0.4, 0.5) is 0 Å². The van der Waals surface area contributed by atoms with Crippen molar-refractivity contribution in [1.29, 1.82) is 0 Å². The Kier molecular flexibility index (Phi) is 8.38. The average Bonchev–Trinajstić information content (AvgIpc) is 2.40. The fourth-order valence-electron chi connectivity index (χ4n) is 1.87. The number of carbonyl (C=O) groups is 1. The van der Waals surface area contributed by atoms with E-state index in [1.165, 1.54) is 0 Å². The van der Waals surface area contributed by atoms with E-state index in [0.29, 0.717) is 13.0 Å². The van der Waals surface area contributed by atoms with Gasteiger partial charge in [0.2, 0.25) is 5.91 Å². The first-order valence-electron chi connectivity index (χ1n) is 7.44. The molecule has 4 nitrogen and oxygen atoms in total. The maximum atomic E-state index is 11.6. The van der Waals surface area contributed by atoms with Crippen molar-refractivity contribution in [3.05, 3.63) is 28.2 Å². The highest BCUT2D eigenvalue weighted by Crippen LogP contribution is 2.23. The molecule has 1 aromatic rings. The van der Waals surface area contributed by atoms with Crippen molar-refractivity contribution >= 4 is 21.8 Å². The molecule has 0 aliphatic carbocycles. The summed E-state index contributed by atoms with van der Waals surface area (Å²) in [4.78, 5) is 11.6. The molecule has 0 aliphatic heterocycles. The maximum absolute atomic E-state index is 11.6. The van der Waals surface area contributed by atoms with E-state index in [-0.39, 0.29) is 11.9 Å². The zero-order valence-electron chi connectivity index (χ0n) is 13.0. The molecule has 0 fully saturated rings. The minimum absolute atomic E-state index is 0.0211. The lowest BCUT2D eigenvalue weighted by atomic mass is 10.2. The van der Waals surface area contributed by atoms with E-state index in [1.807, 2.05) is 32.0 Å². The highest BCUT2D eigenvalue weighted by Gasteiger charge is 2.07. The standard InChI is InChI=1S/C16H25BrN2O2/c1-4-8-18-11-13-10-14(17)5-6-15(13)21-9-7-16(20)19-12(2)3/h5-6,10,12,18H,4,7-9,11H2,1-3H3,(H,19,20). The summed E-state index contributed by atoms with van der Waals surface area (Å²) in [5.41, 5.74) is 1.10. The molecular weight excluding hydrogens is 332 g/mol. The van der Waals surface area contributed by atoms with Gasteiger partial charge in [0.05, 0.1) is 13.0 Å². The molecule has 0 bridgehead atoms. The largest absolute Gasteiger partial charge is 0.493 e. The van der Waals surface area contributed by atoms with E-state index in [1.54, 1.807) is 0 Å². The lowest BCUT2D eigenvalue weighted by molar-refractivity contribution is -0.122. The van der Waals surface area contributed by atoms with Gasteiger partial charge in [0.1, 0.15) is 5.75 Å². The number of amides is 1. The Labute approximate surface area is 135 Å². The normalized spacial score (nSPS) is 10.7. The highest BCUT2D eigenvalue weighted by atomic mass is 79.9. The summed E-state index contributed by atoms with van der Waals surface area (Å²) in [5, 5.41) is 6.22. The Morgan fingerprint density at radius 3 is 2.81 bits per heavy atom. The Hall–Kier alpha value is -1.07. The molecule has 0 saturated heterocycles. The Bertz CT molecular complexity index is 450. The highest BCUT2D eigenvalue weighted by molar-refractivity contribution is 9.10. The quantitative estimate of drug-likeness (QED) is 0.667. The predicted octanol–water partition coefficient (Wildman–Crippen LogP) is 3.24. The third-order valence-corrected chi connectivity index (χ3v) is 3.29. The lowest BCUT2D eigenvalue weighted by Crippen LogP contribution is -2.31. The predicted molar refractivity (Wildman–Crippen MR) is 89.5 cm³/mol. The molecule has 0 aliphatic rings. The van der Waals surface area contributed by atoms with E-state index in [0.717, 1.165) is 35.3 Å². The minimum atomic E-state index is 0.0211. The van der Waals surface area contributed by atoms with Crippen LogP contribution >= 0.6 is 15.9 Å². The van der Waals surface area contributed by atoms with Crippen LogP contribution in [0.5, 0.6) is 5.75 Å². The number of halogens is 1. The summed E-state index contributed by atoms with van der Waals surface area (Å²) in [6.45, 7) is 8.17. The van der Waals surface area contributed by atoms with E-state index < -0.39 is 0 Å². The van der Waals surface area contributed by atoms with Crippen molar-refractivity contribution in [2.24, 2.45) is 0 Å². The van der Waals surface area contributed by atoms with Crippen LogP contribution in [-0.2, 0) is 11.3 Å². The van der Waals surface area contributed by atoms with Crippen molar-refractivity contribution in [1.82, 2.24) is 10.6 Å². The molecule has 0 heterocycles. The zero-order chi connectivity index (χ0) is 15.7. The molecule has 118 valence electrons. The third-order valence-electron chi connectivity index (χ3n) is 2.80. The first kappa shape index (κ1) is 18.0. The second-order valence-corrected chi connectivity index (χ2v) is 6.17. The van der Waals surface area contributed by atoms with Gasteiger partial charge in [-0.3, -0.25) is 4.79 Å². The maximum Gasteiger partial charge on any atom is 0.223 e. The minimum Gasteiger partial charge on any atom is -0.493 e. The molecule has 5 heteroatoms. The monoisotopic (exact) mass is 356 g/mol. The summed E-state index contributed by atoms with van der Waals surface area (Å²) in [6, 6.07) is 6.10. The van der Waals surface area contributed by atoms with Crippen molar-refractivity contribution in [2.75, 3.05) is 13.2 Å². The van der Waals surface area contributed by atoms with E-state index in [9.17, 15) is 4.79 Å². The van der Waals surface area contributed by atoms with Crippen molar-refractivity contribution in [3.8, 4) is 5.75 Å². The number of hydrogen-bond donors (Lipinski definition) is 2. The van der Waals surface area contributed by atoms with Crippen LogP contribution in [0.2, 0.25) is 0 Å². The molecule has 1 amide bonds. The Morgan fingerprint density at radius 2 is 2.14 bits per heavy atom. The van der Waals surface area contributed by atoms with Crippen molar-refractivity contribution in [3.63, 3.8) is 0 Å². The average molecular weight is 357 g/mol. The SMILES string of the molecule is CCCNCc1cc(Br)ccc1OCCC(=O)NC(C)C. The molecule has 2 N–H and O–H groups in total. The topological polar surface area (TPSA) is 50.4 Å². The molecular formula is C16H25BrN2O2. The summed E-state index contributed by atoms with van der Waals surface area (Å²) >= 11 is 3.48. The van der Waals surface area contributed by atoms with E-state index in [4.69, 9.17) is 4.74 Å². The van der Waals surface area contributed by atoms with Gasteiger partial charge in [-0.25, -0.2) is 0 Å². The number of rotatable bonds is 9. The fourth-order valence-corrected chi connectivity index (χ4v) is 2.28. The van der Waals surface area contributed by atoms with Crippen LogP contribution in [0.15, 0.2) is 22.7 Å². The smallest absolute Gasteiger partial charge is 0.223 e. The number of carbonyl (C=O) groups excluding carboxylic acids is 1. The molecule has 0 spiro atoms. The van der Waals surface area contributed by atoms with E-state index >= 15 is 0 Å². The molecule has 0 radical (unpaired) electrons. The number of hydrogen-bond acceptors (Lipinski definition) is 3. The van der Waals surface area contributed by atoms with Gasteiger partial charge in [0.25, 0.3) is 0 Å². The molecule has 0 saturated carbocycles. The molecule has 1 rings (SSSR count). The molecule has 1 aromatic carbocycles. The zero-order valence-corrected chi connectivity index (χ0v) is 14.6. The van der Waals surface area contributed by atoms with Gasteiger partial charge >= 0.3 is 0 Å². The van der Waals surface area contributed by atoms with Crippen LogP contribution in [0.3, 0.4) is 0 Å². The van der Waals surface area contributed by atoms with Crippen LogP contribution in [0.1, 0.15) is 39.2 Å². The van der Waals surface area contributed by atoms with Crippen LogP contribution in [0.25, 0.3) is 0 Å². The Morgan fingerprint density at radius 1 is 1.38 bits per heavy atom. The number of ether oxygens (including phenoxy) is 1. The summed E-state index contributed by atoms with van der Waals surface area (Å²) in [5.74, 6) is 0.854. The third kappa shape index (κ3) is 7.48. The first-order valence-corrected chi connectivity index (χ1v) is 8.23. The van der Waals surface area contributed by atoms with Gasteiger partial charge in [-0.15, -0.1) is 0 Å². The van der Waals surface area contributed by atoms with Crippen LogP contribution in [0, 0.1) is 0 Å². The molecule has 0 atom stereocenters. The Balaban J connectivity index is 2.51. The fraction of sp³-hybridized carbons (Fsp3) is 0.562. The van der Waals surface area contributed by atoms with Gasteiger partial charge in [0.15, 0.2) is 0 Å². The summed E-state index contributed by atoms with van der Waals surface area (Å²) in [6.07, 6.45) is 1.47. The van der Waals surface area contributed by atoms with Gasteiger partial charge in [-0.1, -0.05) is 22.9 Å². The first-order chi connectivity index (χ1) is 10.0. The van der Waals surface area contributed by atoms with Gasteiger partial charge in [0, 0.05) is 22.6 Å². The second-order valence-electron chi connectivity index (χ2n) is 5.25. The summed E-state index contributed by atoms with van der Waals surface area (Å²) < 4.78 is 6.78. The molecule has 0 aromatic heterocycles. The van der Waals surface area contributed by atoms with Gasteiger partial charge in [-0.05, 0) is 45.0 Å². The van der Waals surface area contributed by atoms with Gasteiger partial charge < -0.3 is 15.4 Å². The molecule has 0 unspecified atom stereocenters. The van der Waals surface area contributed by atoms with Gasteiger partial charge in [-0.2, -0.15) is 0 Å². The van der Waals surface area contributed by atoms with Crippen LogP contribution < -0.4 is 15.4 Å². The van der Waals surface area contributed by atoms with E-state index in [2.05, 4.69) is 33.5 Å². The number of nitrogens with one attached hydrogen (secondary N) is 2. The second kappa shape index (κ2) is 9.79. The van der Waals surface area contributed by atoms with Crippen molar-refractivity contribution in [2.45, 2.75) is 46.2 Å². The number of benzene rings is 1. The van der Waals surface area contributed by atoms with Crippen molar-refractivity contribution < 1.29 is 9.53 Å². The summed E-state index contributed by atoms with van der Waals surface area (Å²) in [7, 11) is 0. The lowest BCUT2D eigenvalue weighted by Gasteiger charge is -2.13. The molecule has 21 heavy (non-hydrogen) atoms.